The Morgan fingerprint density at radius 3 is 2.58 bits per heavy atom. The number of aromatic nitrogens is 3. The molecule has 1 aromatic carbocycles. The Balaban J connectivity index is 1.42. The molecule has 0 aliphatic heterocycles. The summed E-state index contributed by atoms with van der Waals surface area (Å²) in [7, 11) is 0. The van der Waals surface area contributed by atoms with Crippen LogP contribution in [0.3, 0.4) is 0 Å². The number of unbranched alkanes of at least 4 members (excludes halogenated alkanes) is 1. The lowest BCUT2D eigenvalue weighted by Gasteiger charge is -2.14. The van der Waals surface area contributed by atoms with E-state index in [1.807, 2.05) is 24.3 Å². The lowest BCUT2D eigenvalue weighted by Crippen LogP contribution is -2.23. The zero-order valence-electron chi connectivity index (χ0n) is 18.1. The maximum absolute atomic E-state index is 12.6. The average Bonchev–Trinajstić information content (AvgIpc) is 3.49. The van der Waals surface area contributed by atoms with E-state index in [1.165, 1.54) is 12.8 Å². The van der Waals surface area contributed by atoms with Crippen molar-refractivity contribution in [3.8, 4) is 17.0 Å². The zero-order valence-corrected chi connectivity index (χ0v) is 18.1. The molecule has 4 rings (SSSR count). The molecular formula is C25H30N4O2. The van der Waals surface area contributed by atoms with E-state index < -0.39 is 0 Å². The first-order chi connectivity index (χ1) is 15.2. The number of rotatable bonds is 9. The van der Waals surface area contributed by atoms with Gasteiger partial charge in [-0.15, -0.1) is 0 Å². The molecule has 162 valence electrons. The van der Waals surface area contributed by atoms with Crippen LogP contribution in [0.2, 0.25) is 0 Å². The maximum Gasteiger partial charge on any atom is 0.251 e. The molecule has 1 amide bonds. The fourth-order valence-corrected chi connectivity index (χ4v) is 4.01. The van der Waals surface area contributed by atoms with Crippen LogP contribution in [0.4, 0.5) is 0 Å². The molecule has 1 aliphatic rings. The average molecular weight is 419 g/mol. The smallest absolute Gasteiger partial charge is 0.251 e. The van der Waals surface area contributed by atoms with Crippen molar-refractivity contribution in [1.29, 1.82) is 0 Å². The molecular weight excluding hydrogens is 388 g/mol. The summed E-state index contributed by atoms with van der Waals surface area (Å²) in [5, 5.41) is 7.85. The Labute approximate surface area is 183 Å². The first kappa shape index (κ1) is 21.1. The van der Waals surface area contributed by atoms with E-state index in [-0.39, 0.29) is 5.91 Å². The SMILES string of the molecule is CCCCOc1ccc(C(=O)NCc2cc(-c3ccncc3)n(C3CCCC3)n2)cc1. The van der Waals surface area contributed by atoms with Crippen LogP contribution in [-0.4, -0.2) is 27.3 Å². The van der Waals surface area contributed by atoms with Crippen LogP contribution in [0, 0.1) is 0 Å². The van der Waals surface area contributed by atoms with E-state index in [1.54, 1.807) is 24.5 Å². The van der Waals surface area contributed by atoms with E-state index in [2.05, 4.69) is 28.0 Å². The first-order valence-electron chi connectivity index (χ1n) is 11.2. The van der Waals surface area contributed by atoms with Crippen LogP contribution in [0.15, 0.2) is 54.9 Å². The lowest BCUT2D eigenvalue weighted by atomic mass is 10.1. The molecule has 0 atom stereocenters. The van der Waals surface area contributed by atoms with Gasteiger partial charge in [-0.05, 0) is 61.7 Å². The van der Waals surface area contributed by atoms with Gasteiger partial charge in [-0.3, -0.25) is 14.5 Å². The van der Waals surface area contributed by atoms with Crippen LogP contribution in [-0.2, 0) is 6.54 Å². The second-order valence-electron chi connectivity index (χ2n) is 8.05. The molecule has 0 spiro atoms. The fraction of sp³-hybridized carbons (Fsp3) is 0.400. The van der Waals surface area contributed by atoms with Gasteiger partial charge in [-0.25, -0.2) is 0 Å². The van der Waals surface area contributed by atoms with Gasteiger partial charge in [0.15, 0.2) is 0 Å². The summed E-state index contributed by atoms with van der Waals surface area (Å²) in [6.45, 7) is 3.23. The predicted octanol–water partition coefficient (Wildman–Crippen LogP) is 5.17. The molecule has 0 radical (unpaired) electrons. The van der Waals surface area contributed by atoms with Crippen molar-refractivity contribution < 1.29 is 9.53 Å². The number of pyridine rings is 1. The second kappa shape index (κ2) is 10.2. The minimum atomic E-state index is -0.110. The number of ether oxygens (including phenoxy) is 1. The molecule has 2 aromatic heterocycles. The Bertz CT molecular complexity index is 977. The minimum absolute atomic E-state index is 0.110. The highest BCUT2D eigenvalue weighted by atomic mass is 16.5. The van der Waals surface area contributed by atoms with Gasteiger partial charge in [0.25, 0.3) is 5.91 Å². The van der Waals surface area contributed by atoms with Gasteiger partial charge in [-0.2, -0.15) is 5.10 Å². The van der Waals surface area contributed by atoms with Crippen molar-refractivity contribution in [2.45, 2.75) is 58.0 Å². The predicted molar refractivity (Wildman–Crippen MR) is 121 cm³/mol. The van der Waals surface area contributed by atoms with Crippen molar-refractivity contribution in [3.05, 3.63) is 66.1 Å². The molecule has 0 unspecified atom stereocenters. The number of carbonyl (C=O) groups is 1. The molecule has 31 heavy (non-hydrogen) atoms. The van der Waals surface area contributed by atoms with Crippen molar-refractivity contribution >= 4 is 5.91 Å². The van der Waals surface area contributed by atoms with Gasteiger partial charge in [0.2, 0.25) is 0 Å². The van der Waals surface area contributed by atoms with Crippen molar-refractivity contribution in [2.24, 2.45) is 0 Å². The standard InChI is InChI=1S/C25H30N4O2/c1-2-3-16-31-23-10-8-20(9-11-23)25(30)27-18-21-17-24(19-12-14-26-15-13-19)29(28-21)22-6-4-5-7-22/h8-15,17,22H,2-7,16,18H2,1H3,(H,27,30). The first-order valence-corrected chi connectivity index (χ1v) is 11.2. The number of nitrogens with one attached hydrogen (secondary N) is 1. The quantitative estimate of drug-likeness (QED) is 0.487. The van der Waals surface area contributed by atoms with Gasteiger partial charge in [0.1, 0.15) is 5.75 Å². The summed E-state index contributed by atoms with van der Waals surface area (Å²) in [6, 6.07) is 13.8. The highest BCUT2D eigenvalue weighted by Gasteiger charge is 2.22. The fourth-order valence-electron chi connectivity index (χ4n) is 4.01. The van der Waals surface area contributed by atoms with Crippen molar-refractivity contribution in [2.75, 3.05) is 6.61 Å². The number of nitrogens with zero attached hydrogens (tertiary/aromatic N) is 3. The summed E-state index contributed by atoms with van der Waals surface area (Å²) in [5.41, 5.74) is 3.68. The molecule has 1 aliphatic carbocycles. The molecule has 6 nitrogen and oxygen atoms in total. The van der Waals surface area contributed by atoms with Crippen LogP contribution in [0.5, 0.6) is 5.75 Å². The van der Waals surface area contributed by atoms with E-state index >= 15 is 0 Å². The molecule has 2 heterocycles. The monoisotopic (exact) mass is 418 g/mol. The highest BCUT2D eigenvalue weighted by molar-refractivity contribution is 5.94. The van der Waals surface area contributed by atoms with Gasteiger partial charge in [0, 0.05) is 23.5 Å². The van der Waals surface area contributed by atoms with Gasteiger partial charge in [-0.1, -0.05) is 26.2 Å². The molecule has 0 saturated heterocycles. The van der Waals surface area contributed by atoms with Crippen molar-refractivity contribution in [3.63, 3.8) is 0 Å². The maximum atomic E-state index is 12.6. The molecule has 1 saturated carbocycles. The topological polar surface area (TPSA) is 69.0 Å². The van der Waals surface area contributed by atoms with Crippen LogP contribution in [0.25, 0.3) is 11.3 Å². The molecule has 0 bridgehead atoms. The summed E-state index contributed by atoms with van der Waals surface area (Å²) >= 11 is 0. The Morgan fingerprint density at radius 1 is 1.13 bits per heavy atom. The third-order valence-corrected chi connectivity index (χ3v) is 5.75. The molecule has 3 aromatic rings. The van der Waals surface area contributed by atoms with Crippen LogP contribution in [0.1, 0.15) is 67.5 Å². The summed E-state index contributed by atoms with van der Waals surface area (Å²) in [4.78, 5) is 16.7. The molecule has 1 N–H and O–H groups in total. The Hall–Kier alpha value is -3.15. The number of amides is 1. The van der Waals surface area contributed by atoms with E-state index in [4.69, 9.17) is 9.84 Å². The number of hydrogen-bond acceptors (Lipinski definition) is 4. The largest absolute Gasteiger partial charge is 0.494 e. The van der Waals surface area contributed by atoms with Crippen LogP contribution >= 0.6 is 0 Å². The Kier molecular flexibility index (Phi) is 6.97. The third-order valence-electron chi connectivity index (χ3n) is 5.75. The lowest BCUT2D eigenvalue weighted by molar-refractivity contribution is 0.0950. The minimum Gasteiger partial charge on any atom is -0.494 e. The summed E-state index contributed by atoms with van der Waals surface area (Å²) in [6.07, 6.45) is 10.5. The van der Waals surface area contributed by atoms with E-state index in [0.29, 0.717) is 24.8 Å². The Morgan fingerprint density at radius 2 is 1.87 bits per heavy atom. The zero-order chi connectivity index (χ0) is 21.5. The van der Waals surface area contributed by atoms with Crippen LogP contribution < -0.4 is 10.1 Å². The normalized spacial score (nSPS) is 14.0. The summed E-state index contributed by atoms with van der Waals surface area (Å²) in [5.74, 6) is 0.684. The van der Waals surface area contributed by atoms with Gasteiger partial charge >= 0.3 is 0 Å². The third kappa shape index (κ3) is 5.32. The summed E-state index contributed by atoms with van der Waals surface area (Å²) < 4.78 is 7.81. The number of hydrogen-bond donors (Lipinski definition) is 1. The van der Waals surface area contributed by atoms with E-state index in [9.17, 15) is 4.79 Å². The van der Waals surface area contributed by atoms with E-state index in [0.717, 1.165) is 48.4 Å². The van der Waals surface area contributed by atoms with Gasteiger partial charge in [0.05, 0.1) is 30.6 Å². The molecule has 6 heteroatoms. The molecule has 1 fully saturated rings. The highest BCUT2D eigenvalue weighted by Crippen LogP contribution is 2.33. The second-order valence-corrected chi connectivity index (χ2v) is 8.05. The number of benzene rings is 1. The number of carbonyl (C=O) groups excluding carboxylic acids is 1. The van der Waals surface area contributed by atoms with Gasteiger partial charge < -0.3 is 10.1 Å². The van der Waals surface area contributed by atoms with Crippen molar-refractivity contribution in [1.82, 2.24) is 20.1 Å².